The van der Waals surface area contributed by atoms with Crippen molar-refractivity contribution in [2.75, 3.05) is 19.6 Å². The van der Waals surface area contributed by atoms with Gasteiger partial charge in [0.1, 0.15) is 0 Å². The summed E-state index contributed by atoms with van der Waals surface area (Å²) in [6.07, 6.45) is 2.26. The molecule has 110 valence electrons. The number of hydrogen-bond acceptors (Lipinski definition) is 3. The van der Waals surface area contributed by atoms with Gasteiger partial charge >= 0.3 is 0 Å². The Labute approximate surface area is 120 Å². The molecular formula is C16H24N2O2. The average Bonchev–Trinajstić information content (AvgIpc) is 2.46. The standard InChI is InChI=1S/C16H24N2O2/c1-13(19)18-9-7-15(8-10-18)17-12-16(20)11-14-5-3-2-4-6-14/h2-6,15-17,20H,7-12H2,1H3. The van der Waals surface area contributed by atoms with E-state index in [0.717, 1.165) is 31.5 Å². The second-order valence-corrected chi connectivity index (χ2v) is 5.53. The van der Waals surface area contributed by atoms with Crippen LogP contribution in [0.2, 0.25) is 0 Å². The first-order chi connectivity index (χ1) is 9.65. The minimum Gasteiger partial charge on any atom is -0.391 e. The number of piperidine rings is 1. The van der Waals surface area contributed by atoms with E-state index in [0.29, 0.717) is 19.0 Å². The van der Waals surface area contributed by atoms with Gasteiger partial charge in [-0.3, -0.25) is 4.79 Å². The summed E-state index contributed by atoms with van der Waals surface area (Å²) in [5.74, 6) is 0.160. The van der Waals surface area contributed by atoms with Gasteiger partial charge in [-0.15, -0.1) is 0 Å². The van der Waals surface area contributed by atoms with Crippen LogP contribution in [0.25, 0.3) is 0 Å². The van der Waals surface area contributed by atoms with Crippen LogP contribution in [0.3, 0.4) is 0 Å². The van der Waals surface area contributed by atoms with E-state index in [-0.39, 0.29) is 12.0 Å². The molecular weight excluding hydrogens is 252 g/mol. The number of aliphatic hydroxyl groups excluding tert-OH is 1. The minimum absolute atomic E-state index is 0.160. The van der Waals surface area contributed by atoms with E-state index in [2.05, 4.69) is 5.32 Å². The molecule has 4 heteroatoms. The molecule has 1 fully saturated rings. The highest BCUT2D eigenvalue weighted by Crippen LogP contribution is 2.10. The summed E-state index contributed by atoms with van der Waals surface area (Å²) in [4.78, 5) is 13.1. The van der Waals surface area contributed by atoms with Crippen LogP contribution in [-0.2, 0) is 11.2 Å². The topological polar surface area (TPSA) is 52.6 Å². The van der Waals surface area contributed by atoms with Gasteiger partial charge in [-0.1, -0.05) is 30.3 Å². The summed E-state index contributed by atoms with van der Waals surface area (Å²) in [5, 5.41) is 13.5. The third kappa shape index (κ3) is 4.62. The molecule has 4 nitrogen and oxygen atoms in total. The van der Waals surface area contributed by atoms with Crippen LogP contribution in [0.5, 0.6) is 0 Å². The van der Waals surface area contributed by atoms with Crippen LogP contribution in [-0.4, -0.2) is 47.7 Å². The highest BCUT2D eigenvalue weighted by molar-refractivity contribution is 5.73. The molecule has 1 unspecified atom stereocenters. The summed E-state index contributed by atoms with van der Waals surface area (Å²) in [6.45, 7) is 3.88. The van der Waals surface area contributed by atoms with Crippen molar-refractivity contribution in [3.05, 3.63) is 35.9 Å². The summed E-state index contributed by atoms with van der Waals surface area (Å²) >= 11 is 0. The van der Waals surface area contributed by atoms with Crippen LogP contribution in [0.4, 0.5) is 0 Å². The monoisotopic (exact) mass is 276 g/mol. The first-order valence-corrected chi connectivity index (χ1v) is 7.36. The lowest BCUT2D eigenvalue weighted by Crippen LogP contribution is -2.46. The molecule has 1 amide bonds. The van der Waals surface area contributed by atoms with Crippen molar-refractivity contribution in [3.8, 4) is 0 Å². The molecule has 0 spiro atoms. The smallest absolute Gasteiger partial charge is 0.219 e. The van der Waals surface area contributed by atoms with E-state index in [4.69, 9.17) is 0 Å². The Hall–Kier alpha value is -1.39. The van der Waals surface area contributed by atoms with Crippen LogP contribution in [0.1, 0.15) is 25.3 Å². The number of carbonyl (C=O) groups excluding carboxylic acids is 1. The van der Waals surface area contributed by atoms with Gasteiger partial charge in [-0.05, 0) is 24.8 Å². The quantitative estimate of drug-likeness (QED) is 0.849. The normalized spacial score (nSPS) is 18.0. The molecule has 0 bridgehead atoms. The van der Waals surface area contributed by atoms with Crippen LogP contribution in [0.15, 0.2) is 30.3 Å². The average molecular weight is 276 g/mol. The Morgan fingerprint density at radius 2 is 2.00 bits per heavy atom. The predicted molar refractivity (Wildman–Crippen MR) is 79.4 cm³/mol. The fourth-order valence-corrected chi connectivity index (χ4v) is 2.66. The lowest BCUT2D eigenvalue weighted by molar-refractivity contribution is -0.129. The number of hydrogen-bond donors (Lipinski definition) is 2. The van der Waals surface area contributed by atoms with Crippen molar-refractivity contribution in [1.29, 1.82) is 0 Å². The number of nitrogens with one attached hydrogen (secondary N) is 1. The Balaban J connectivity index is 1.67. The molecule has 2 rings (SSSR count). The van der Waals surface area contributed by atoms with Crippen molar-refractivity contribution >= 4 is 5.91 Å². The Morgan fingerprint density at radius 3 is 2.60 bits per heavy atom. The molecule has 2 N–H and O–H groups in total. The van der Waals surface area contributed by atoms with Gasteiger partial charge in [0.25, 0.3) is 0 Å². The van der Waals surface area contributed by atoms with Gasteiger partial charge in [0.2, 0.25) is 5.91 Å². The third-order valence-electron chi connectivity index (χ3n) is 3.90. The molecule has 0 aliphatic carbocycles. The van der Waals surface area contributed by atoms with Gasteiger partial charge in [0, 0.05) is 32.6 Å². The number of carbonyl (C=O) groups is 1. The molecule has 0 aromatic heterocycles. The van der Waals surface area contributed by atoms with Gasteiger partial charge < -0.3 is 15.3 Å². The van der Waals surface area contributed by atoms with Gasteiger partial charge in [-0.2, -0.15) is 0 Å². The number of nitrogens with zero attached hydrogens (tertiary/aromatic N) is 1. The SMILES string of the molecule is CC(=O)N1CCC(NCC(O)Cc2ccccc2)CC1. The van der Waals surface area contributed by atoms with Crippen LogP contribution >= 0.6 is 0 Å². The number of benzene rings is 1. The van der Waals surface area contributed by atoms with Crippen molar-refractivity contribution in [1.82, 2.24) is 10.2 Å². The van der Waals surface area contributed by atoms with Crippen LogP contribution in [0, 0.1) is 0 Å². The zero-order valence-electron chi connectivity index (χ0n) is 12.1. The summed E-state index contributed by atoms with van der Waals surface area (Å²) in [7, 11) is 0. The zero-order chi connectivity index (χ0) is 14.4. The van der Waals surface area contributed by atoms with Gasteiger partial charge in [-0.25, -0.2) is 0 Å². The van der Waals surface area contributed by atoms with Crippen molar-refractivity contribution < 1.29 is 9.90 Å². The van der Waals surface area contributed by atoms with E-state index in [1.54, 1.807) is 6.92 Å². The van der Waals surface area contributed by atoms with E-state index < -0.39 is 0 Å². The maximum atomic E-state index is 11.2. The van der Waals surface area contributed by atoms with Crippen molar-refractivity contribution in [3.63, 3.8) is 0 Å². The minimum atomic E-state index is -0.358. The maximum Gasteiger partial charge on any atom is 0.219 e. The van der Waals surface area contributed by atoms with Crippen molar-refractivity contribution in [2.45, 2.75) is 38.3 Å². The Morgan fingerprint density at radius 1 is 1.35 bits per heavy atom. The second kappa shape index (κ2) is 7.41. The zero-order valence-corrected chi connectivity index (χ0v) is 12.1. The Bertz CT molecular complexity index is 414. The molecule has 1 aliphatic rings. The van der Waals surface area contributed by atoms with Crippen LogP contribution < -0.4 is 5.32 Å². The first kappa shape index (κ1) is 15.0. The summed E-state index contributed by atoms with van der Waals surface area (Å²) in [6, 6.07) is 10.5. The molecule has 1 heterocycles. The largest absolute Gasteiger partial charge is 0.391 e. The van der Waals surface area contributed by atoms with Crippen molar-refractivity contribution in [2.24, 2.45) is 0 Å². The fourth-order valence-electron chi connectivity index (χ4n) is 2.66. The fraction of sp³-hybridized carbons (Fsp3) is 0.562. The van der Waals surface area contributed by atoms with E-state index in [1.807, 2.05) is 35.2 Å². The first-order valence-electron chi connectivity index (χ1n) is 7.36. The highest BCUT2D eigenvalue weighted by atomic mass is 16.3. The van der Waals surface area contributed by atoms with Gasteiger partial charge in [0.05, 0.1) is 6.10 Å². The molecule has 0 saturated carbocycles. The number of aliphatic hydroxyl groups is 1. The molecule has 1 aliphatic heterocycles. The second-order valence-electron chi connectivity index (χ2n) is 5.53. The van der Waals surface area contributed by atoms with E-state index in [9.17, 15) is 9.90 Å². The lowest BCUT2D eigenvalue weighted by Gasteiger charge is -2.32. The third-order valence-corrected chi connectivity index (χ3v) is 3.90. The molecule has 1 saturated heterocycles. The number of likely N-dealkylation sites (tertiary alicyclic amines) is 1. The molecule has 1 aromatic rings. The number of amides is 1. The van der Waals surface area contributed by atoms with E-state index >= 15 is 0 Å². The van der Waals surface area contributed by atoms with Gasteiger partial charge in [0.15, 0.2) is 0 Å². The summed E-state index contributed by atoms with van der Waals surface area (Å²) < 4.78 is 0. The number of rotatable bonds is 5. The molecule has 1 atom stereocenters. The molecule has 20 heavy (non-hydrogen) atoms. The molecule has 0 radical (unpaired) electrons. The Kier molecular flexibility index (Phi) is 5.56. The lowest BCUT2D eigenvalue weighted by atomic mass is 10.0. The highest BCUT2D eigenvalue weighted by Gasteiger charge is 2.20. The maximum absolute atomic E-state index is 11.2. The summed E-state index contributed by atoms with van der Waals surface area (Å²) in [5.41, 5.74) is 1.16. The predicted octanol–water partition coefficient (Wildman–Crippen LogP) is 1.19. The van der Waals surface area contributed by atoms with E-state index in [1.165, 1.54) is 0 Å². The molecule has 1 aromatic carbocycles.